The topological polar surface area (TPSA) is 108 Å². The van der Waals surface area contributed by atoms with E-state index >= 15 is 0 Å². The first-order chi connectivity index (χ1) is 13.9. The first-order valence-corrected chi connectivity index (χ1v) is 9.09. The number of Topliss-reactive ketones (excluding diaryl/α,β-unsaturated/α-hetero) is 1. The maximum atomic E-state index is 12.8. The summed E-state index contributed by atoms with van der Waals surface area (Å²) in [5.74, 6) is -1.22. The number of aromatic nitrogens is 4. The van der Waals surface area contributed by atoms with E-state index in [0.29, 0.717) is 42.3 Å². The van der Waals surface area contributed by atoms with Gasteiger partial charge in [0.1, 0.15) is 23.6 Å². The molecule has 1 aliphatic heterocycles. The molecule has 1 unspecified atom stereocenters. The Morgan fingerprint density at radius 2 is 2.21 bits per heavy atom. The van der Waals surface area contributed by atoms with Crippen LogP contribution in [0.5, 0.6) is 0 Å². The molecule has 0 saturated heterocycles. The first kappa shape index (κ1) is 19.4. The molecule has 3 aromatic heterocycles. The molecular weight excluding hydrogens is 391 g/mol. The molecule has 2 N–H and O–H groups in total. The minimum absolute atomic E-state index is 0.0444. The summed E-state index contributed by atoms with van der Waals surface area (Å²) >= 11 is 0. The van der Waals surface area contributed by atoms with E-state index in [2.05, 4.69) is 20.1 Å². The summed E-state index contributed by atoms with van der Waals surface area (Å²) in [6.45, 7) is -0.157. The Morgan fingerprint density at radius 1 is 1.38 bits per heavy atom. The molecule has 1 atom stereocenters. The zero-order valence-electron chi connectivity index (χ0n) is 15.2. The number of hydrogen-bond donors (Lipinski definition) is 2. The van der Waals surface area contributed by atoms with Gasteiger partial charge in [-0.25, -0.2) is 9.97 Å². The fourth-order valence-corrected chi connectivity index (χ4v) is 3.50. The number of aliphatic hydroxyl groups is 1. The van der Waals surface area contributed by atoms with Gasteiger partial charge in [0.15, 0.2) is 11.5 Å². The van der Waals surface area contributed by atoms with Crippen molar-refractivity contribution in [1.82, 2.24) is 20.1 Å². The number of rotatable bonds is 6. The monoisotopic (exact) mass is 409 g/mol. The Morgan fingerprint density at radius 3 is 2.97 bits per heavy atom. The van der Waals surface area contributed by atoms with E-state index in [0.717, 1.165) is 5.39 Å². The van der Waals surface area contributed by atoms with Crippen molar-refractivity contribution in [2.75, 3.05) is 18.1 Å². The Balaban J connectivity index is 1.53. The predicted octanol–water partition coefficient (Wildman–Crippen LogP) is 2.64. The fraction of sp³-hybridized carbons (Fsp3) is 0.444. The highest BCUT2D eigenvalue weighted by Crippen LogP contribution is 2.32. The van der Waals surface area contributed by atoms with Crippen LogP contribution < -0.4 is 4.90 Å². The van der Waals surface area contributed by atoms with E-state index in [1.165, 1.54) is 6.33 Å². The van der Waals surface area contributed by atoms with Gasteiger partial charge in [0.05, 0.1) is 24.5 Å². The third kappa shape index (κ3) is 3.69. The number of nitrogens with one attached hydrogen (secondary N) is 1. The van der Waals surface area contributed by atoms with E-state index in [4.69, 9.17) is 9.63 Å². The summed E-state index contributed by atoms with van der Waals surface area (Å²) in [5, 5.41) is 13.6. The van der Waals surface area contributed by atoms with Crippen LogP contribution >= 0.6 is 0 Å². The number of carbonyl (C=O) groups excluding carboxylic acids is 1. The molecule has 4 rings (SSSR count). The molecule has 0 amide bonds. The third-order valence-electron chi connectivity index (χ3n) is 5.13. The van der Waals surface area contributed by atoms with Crippen LogP contribution in [0.3, 0.4) is 0 Å². The van der Waals surface area contributed by atoms with Crippen molar-refractivity contribution in [3.05, 3.63) is 35.6 Å². The number of fused-ring (bicyclic) bond motifs is 2. The minimum Gasteiger partial charge on any atom is -0.396 e. The number of carbonyl (C=O) groups is 1. The number of anilines is 1. The van der Waals surface area contributed by atoms with Crippen LogP contribution in [0.4, 0.5) is 19.0 Å². The van der Waals surface area contributed by atoms with Gasteiger partial charge in [-0.3, -0.25) is 4.79 Å². The highest BCUT2D eigenvalue weighted by Gasteiger charge is 2.39. The maximum absolute atomic E-state index is 12.8. The second kappa shape index (κ2) is 7.47. The van der Waals surface area contributed by atoms with Crippen molar-refractivity contribution in [1.29, 1.82) is 0 Å². The van der Waals surface area contributed by atoms with E-state index in [1.807, 2.05) is 11.0 Å². The molecule has 0 aliphatic carbocycles. The van der Waals surface area contributed by atoms with E-state index in [-0.39, 0.29) is 12.1 Å². The van der Waals surface area contributed by atoms with Crippen LogP contribution in [0.2, 0.25) is 0 Å². The van der Waals surface area contributed by atoms with Crippen LogP contribution in [0.1, 0.15) is 34.7 Å². The maximum Gasteiger partial charge on any atom is 0.394 e. The summed E-state index contributed by atoms with van der Waals surface area (Å²) in [5.41, 5.74) is 1.30. The zero-order valence-corrected chi connectivity index (χ0v) is 15.2. The molecule has 4 heterocycles. The van der Waals surface area contributed by atoms with Gasteiger partial charge in [-0.15, -0.1) is 0 Å². The standard InChI is InChI=1S/C18H18F3N5O3/c19-18(20,21)10(8-27)1-2-13(28)15-12-7-26(6-4-14(12)29-25-15)17-11-3-5-22-16(11)23-9-24-17/h3,5,9-10,27H,1-2,4,6-8H2,(H,22,23,24). The summed E-state index contributed by atoms with van der Waals surface area (Å²) < 4.78 is 43.7. The smallest absolute Gasteiger partial charge is 0.394 e. The van der Waals surface area contributed by atoms with Crippen molar-refractivity contribution >= 4 is 22.6 Å². The lowest BCUT2D eigenvalue weighted by molar-refractivity contribution is -0.185. The van der Waals surface area contributed by atoms with Crippen LogP contribution in [0.15, 0.2) is 23.1 Å². The average molecular weight is 409 g/mol. The molecule has 29 heavy (non-hydrogen) atoms. The SMILES string of the molecule is O=C(CCC(CO)C(F)(F)F)c1noc2c1CN(c1ncnc3[nH]ccc13)CC2. The lowest BCUT2D eigenvalue weighted by Gasteiger charge is -2.27. The van der Waals surface area contributed by atoms with Crippen molar-refractivity contribution in [2.45, 2.75) is 32.0 Å². The zero-order chi connectivity index (χ0) is 20.6. The number of ketones is 1. The molecule has 0 saturated carbocycles. The Bertz CT molecular complexity index is 1030. The third-order valence-corrected chi connectivity index (χ3v) is 5.13. The molecule has 0 fully saturated rings. The van der Waals surface area contributed by atoms with Crippen LogP contribution in [-0.2, 0) is 13.0 Å². The lowest BCUT2D eigenvalue weighted by atomic mass is 9.97. The van der Waals surface area contributed by atoms with Crippen LogP contribution in [-0.4, -0.2) is 50.3 Å². The molecule has 0 radical (unpaired) electrons. The van der Waals surface area contributed by atoms with Gasteiger partial charge in [0, 0.05) is 31.1 Å². The molecule has 11 heteroatoms. The summed E-state index contributed by atoms with van der Waals surface area (Å²) in [6.07, 6.45) is -1.74. The molecule has 0 spiro atoms. The first-order valence-electron chi connectivity index (χ1n) is 9.09. The van der Waals surface area contributed by atoms with Crippen molar-refractivity contribution in [2.24, 2.45) is 5.92 Å². The van der Waals surface area contributed by atoms with Crippen molar-refractivity contribution in [3.63, 3.8) is 0 Å². The minimum atomic E-state index is -4.55. The Hall–Kier alpha value is -2.95. The van der Waals surface area contributed by atoms with Gasteiger partial charge >= 0.3 is 6.18 Å². The fourth-order valence-electron chi connectivity index (χ4n) is 3.50. The Kier molecular flexibility index (Phi) is 4.99. The second-order valence-corrected chi connectivity index (χ2v) is 6.92. The molecule has 1 aliphatic rings. The van der Waals surface area contributed by atoms with Gasteiger partial charge in [0.25, 0.3) is 0 Å². The molecule has 8 nitrogen and oxygen atoms in total. The van der Waals surface area contributed by atoms with Gasteiger partial charge in [-0.05, 0) is 12.5 Å². The van der Waals surface area contributed by atoms with Gasteiger partial charge in [0.2, 0.25) is 0 Å². The predicted molar refractivity (Wildman–Crippen MR) is 95.3 cm³/mol. The molecule has 0 bridgehead atoms. The summed E-state index contributed by atoms with van der Waals surface area (Å²) in [6, 6.07) is 1.85. The number of halogens is 3. The quantitative estimate of drug-likeness (QED) is 0.603. The largest absolute Gasteiger partial charge is 0.396 e. The van der Waals surface area contributed by atoms with Crippen LogP contribution in [0.25, 0.3) is 11.0 Å². The number of alkyl halides is 3. The molecule has 0 aromatic carbocycles. The van der Waals surface area contributed by atoms with E-state index < -0.39 is 30.9 Å². The van der Waals surface area contributed by atoms with Gasteiger partial charge in [-0.2, -0.15) is 13.2 Å². The lowest BCUT2D eigenvalue weighted by Crippen LogP contribution is -2.31. The number of nitrogens with zero attached hydrogens (tertiary/aromatic N) is 4. The number of H-pyrrole nitrogens is 1. The summed E-state index contributed by atoms with van der Waals surface area (Å²) in [4.78, 5) is 26.0. The number of aliphatic hydroxyl groups excluding tert-OH is 1. The molecule has 154 valence electrons. The number of aromatic amines is 1. The molecular formula is C18H18F3N5O3. The van der Waals surface area contributed by atoms with E-state index in [1.54, 1.807) is 6.20 Å². The van der Waals surface area contributed by atoms with Gasteiger partial charge < -0.3 is 19.5 Å². The van der Waals surface area contributed by atoms with E-state index in [9.17, 15) is 18.0 Å². The van der Waals surface area contributed by atoms with Gasteiger partial charge in [-0.1, -0.05) is 5.16 Å². The normalized spacial score (nSPS) is 15.5. The summed E-state index contributed by atoms with van der Waals surface area (Å²) in [7, 11) is 0. The highest BCUT2D eigenvalue weighted by atomic mass is 19.4. The molecule has 3 aromatic rings. The van der Waals surface area contributed by atoms with Crippen LogP contribution in [0, 0.1) is 5.92 Å². The average Bonchev–Trinajstić information content (AvgIpc) is 3.33. The highest BCUT2D eigenvalue weighted by molar-refractivity contribution is 5.96. The van der Waals surface area contributed by atoms with Crippen molar-refractivity contribution in [3.8, 4) is 0 Å². The Labute approximate surface area is 162 Å². The second-order valence-electron chi connectivity index (χ2n) is 6.92. The number of hydrogen-bond acceptors (Lipinski definition) is 7. The van der Waals surface area contributed by atoms with Crippen molar-refractivity contribution < 1.29 is 27.6 Å².